The van der Waals surface area contributed by atoms with Crippen molar-refractivity contribution in [3.63, 3.8) is 0 Å². The molecule has 224 valence electrons. The lowest BCUT2D eigenvalue weighted by molar-refractivity contribution is -0.138. The maximum atomic E-state index is 15.7. The number of carbonyl (C=O) groups is 1. The van der Waals surface area contributed by atoms with Gasteiger partial charge in [-0.1, -0.05) is 0 Å². The van der Waals surface area contributed by atoms with Crippen LogP contribution in [0.3, 0.4) is 0 Å². The van der Waals surface area contributed by atoms with E-state index in [1.165, 1.54) is 24.5 Å². The lowest BCUT2D eigenvalue weighted by atomic mass is 10.0. The second kappa shape index (κ2) is 11.9. The van der Waals surface area contributed by atoms with Crippen LogP contribution in [0.2, 0.25) is 0 Å². The third-order valence-corrected chi connectivity index (χ3v) is 7.38. The van der Waals surface area contributed by atoms with Crippen molar-refractivity contribution in [3.05, 3.63) is 89.7 Å². The second-order valence-electron chi connectivity index (χ2n) is 10.3. The fraction of sp³-hybridized carbons (Fsp3) is 0.267. The van der Waals surface area contributed by atoms with Crippen molar-refractivity contribution in [2.75, 3.05) is 41.8 Å². The number of alkyl halides is 3. The van der Waals surface area contributed by atoms with E-state index < -0.39 is 34.8 Å². The molecule has 1 N–H and O–H groups in total. The van der Waals surface area contributed by atoms with Crippen LogP contribution in [-0.4, -0.2) is 59.7 Å². The molecule has 2 aromatic carbocycles. The molecule has 0 bridgehead atoms. The second-order valence-corrected chi connectivity index (χ2v) is 10.3. The van der Waals surface area contributed by atoms with E-state index in [-0.39, 0.29) is 28.9 Å². The summed E-state index contributed by atoms with van der Waals surface area (Å²) in [5, 5.41) is 2.53. The highest BCUT2D eigenvalue weighted by molar-refractivity contribution is 6.07. The Bertz CT molecular complexity index is 1620. The number of amides is 1. The number of nitrogens with zero attached hydrogens (tertiary/aromatic N) is 6. The van der Waals surface area contributed by atoms with Gasteiger partial charge >= 0.3 is 6.18 Å². The third-order valence-electron chi connectivity index (χ3n) is 7.38. The first-order chi connectivity index (χ1) is 20.4. The van der Waals surface area contributed by atoms with E-state index >= 15 is 4.39 Å². The average molecular weight is 598 g/mol. The van der Waals surface area contributed by atoms with Gasteiger partial charge in [-0.05, 0) is 57.3 Å². The number of anilines is 3. The van der Waals surface area contributed by atoms with Crippen LogP contribution in [0.4, 0.5) is 39.3 Å². The molecule has 3 heterocycles. The van der Waals surface area contributed by atoms with E-state index in [0.29, 0.717) is 31.3 Å². The molecule has 3 aromatic rings. The zero-order valence-electron chi connectivity index (χ0n) is 23.5. The normalized spacial score (nSPS) is 17.6. The minimum absolute atomic E-state index is 0.0323. The van der Waals surface area contributed by atoms with Crippen LogP contribution in [-0.2, 0) is 6.18 Å². The largest absolute Gasteiger partial charge is 0.417 e. The van der Waals surface area contributed by atoms with Crippen molar-refractivity contribution in [2.45, 2.75) is 26.1 Å². The Morgan fingerprint density at radius 2 is 1.81 bits per heavy atom. The van der Waals surface area contributed by atoms with E-state index in [2.05, 4.69) is 25.2 Å². The first-order valence-corrected chi connectivity index (χ1v) is 13.4. The summed E-state index contributed by atoms with van der Waals surface area (Å²) in [6.07, 6.45) is 4.53. The molecule has 1 amide bonds. The van der Waals surface area contributed by atoms with Crippen LogP contribution in [0.1, 0.15) is 29.8 Å². The number of allylic oxidation sites excluding steroid dienone is 2. The number of piperazine rings is 1. The number of hydrogen-bond donors (Lipinski definition) is 1. The van der Waals surface area contributed by atoms with E-state index in [1.807, 2.05) is 25.8 Å². The Kier molecular flexibility index (Phi) is 8.27. The van der Waals surface area contributed by atoms with E-state index in [0.717, 1.165) is 17.8 Å². The molecule has 0 radical (unpaired) electrons. The van der Waals surface area contributed by atoms with Crippen molar-refractivity contribution >= 4 is 29.4 Å². The molecular weight excluding hydrogens is 569 g/mol. The fourth-order valence-corrected chi connectivity index (χ4v) is 4.87. The molecule has 5 rings (SSSR count). The van der Waals surface area contributed by atoms with Gasteiger partial charge in [0.05, 0.1) is 22.5 Å². The number of likely N-dealkylation sites (N-methyl/N-ethyl adjacent to an activating group) is 1. The van der Waals surface area contributed by atoms with Crippen LogP contribution in [0, 0.1) is 11.6 Å². The molecule has 2 aliphatic heterocycles. The number of nitrogens with one attached hydrogen (secondary N) is 1. The molecule has 2 aliphatic rings. The lowest BCUT2D eigenvalue weighted by Gasteiger charge is -2.39. The molecule has 1 saturated heterocycles. The van der Waals surface area contributed by atoms with Crippen molar-refractivity contribution in [3.8, 4) is 11.1 Å². The molecule has 13 heteroatoms. The van der Waals surface area contributed by atoms with Crippen molar-refractivity contribution < 1.29 is 26.7 Å². The maximum Gasteiger partial charge on any atom is 0.417 e. The molecule has 1 fully saturated rings. The Balaban J connectivity index is 1.54. The SMILES string of the molecule is CC1=CN=CC=CN1c1ncc(-c2cc(NC(=O)c3ccc(F)cc3C(F)(F)F)c(N3CCN(C)[C@H](C)C3)cc2F)cn1. The molecule has 0 unspecified atom stereocenters. The molecule has 1 aromatic heterocycles. The van der Waals surface area contributed by atoms with Crippen LogP contribution in [0.25, 0.3) is 11.1 Å². The first kappa shape index (κ1) is 29.8. The highest BCUT2D eigenvalue weighted by Crippen LogP contribution is 2.37. The minimum atomic E-state index is -4.97. The Morgan fingerprint density at radius 3 is 2.51 bits per heavy atom. The number of carbonyl (C=O) groups excluding carboxylic acids is 1. The monoisotopic (exact) mass is 597 g/mol. The molecule has 43 heavy (non-hydrogen) atoms. The summed E-state index contributed by atoms with van der Waals surface area (Å²) in [5.74, 6) is -2.56. The van der Waals surface area contributed by atoms with Gasteiger partial charge in [0.1, 0.15) is 11.6 Å². The number of hydrogen-bond acceptors (Lipinski definition) is 7. The van der Waals surface area contributed by atoms with E-state index in [1.54, 1.807) is 29.6 Å². The van der Waals surface area contributed by atoms with E-state index in [9.17, 15) is 22.4 Å². The topological polar surface area (TPSA) is 77.0 Å². The van der Waals surface area contributed by atoms with E-state index in [4.69, 9.17) is 0 Å². The minimum Gasteiger partial charge on any atom is -0.367 e. The molecular formula is C30H28F5N7O. The summed E-state index contributed by atoms with van der Waals surface area (Å²) in [5.41, 5.74) is -0.719. The molecule has 0 saturated carbocycles. The number of aromatic nitrogens is 2. The zero-order chi connectivity index (χ0) is 30.9. The molecule has 0 aliphatic carbocycles. The fourth-order valence-electron chi connectivity index (χ4n) is 4.87. The van der Waals surface area contributed by atoms with Crippen LogP contribution in [0.15, 0.2) is 71.9 Å². The lowest BCUT2D eigenvalue weighted by Crippen LogP contribution is -2.50. The van der Waals surface area contributed by atoms with Crippen LogP contribution >= 0.6 is 0 Å². The summed E-state index contributed by atoms with van der Waals surface area (Å²) < 4.78 is 70.5. The highest BCUT2D eigenvalue weighted by Gasteiger charge is 2.36. The van der Waals surface area contributed by atoms with Gasteiger partial charge in [-0.25, -0.2) is 18.7 Å². The zero-order valence-corrected chi connectivity index (χ0v) is 23.5. The van der Waals surface area contributed by atoms with Crippen molar-refractivity contribution in [2.24, 2.45) is 4.99 Å². The van der Waals surface area contributed by atoms with Crippen LogP contribution < -0.4 is 15.1 Å². The third kappa shape index (κ3) is 6.41. The molecule has 8 nitrogen and oxygen atoms in total. The van der Waals surface area contributed by atoms with Gasteiger partial charge in [0.15, 0.2) is 0 Å². The van der Waals surface area contributed by atoms with Gasteiger partial charge in [0.2, 0.25) is 5.95 Å². The Labute approximate surface area is 244 Å². The van der Waals surface area contributed by atoms with Gasteiger partial charge in [0, 0.05) is 73.5 Å². The Hall–Kier alpha value is -4.65. The van der Waals surface area contributed by atoms with Crippen molar-refractivity contribution in [1.82, 2.24) is 14.9 Å². The van der Waals surface area contributed by atoms with Crippen LogP contribution in [0.5, 0.6) is 0 Å². The Morgan fingerprint density at radius 1 is 1.07 bits per heavy atom. The standard InChI is InChI=1S/C30H28F5N7O/c1-18-14-36-7-4-8-42(18)29-37-15-20(16-38-29)23-12-26(27(13-25(23)32)41-10-9-40(3)19(2)17-41)39-28(43)22-6-5-21(31)11-24(22)30(33,34)35/h4-8,11-16,19H,9-10,17H2,1-3H3,(H,39,43)/t19-/m1/s1. The summed E-state index contributed by atoms with van der Waals surface area (Å²) in [4.78, 5) is 31.8. The smallest absolute Gasteiger partial charge is 0.367 e. The summed E-state index contributed by atoms with van der Waals surface area (Å²) in [6.45, 7) is 5.44. The number of halogens is 5. The summed E-state index contributed by atoms with van der Waals surface area (Å²) >= 11 is 0. The van der Waals surface area contributed by atoms with Gasteiger partial charge in [-0.3, -0.25) is 14.7 Å². The van der Waals surface area contributed by atoms with Crippen molar-refractivity contribution in [1.29, 1.82) is 0 Å². The van der Waals surface area contributed by atoms with Gasteiger partial charge in [-0.2, -0.15) is 13.2 Å². The van der Waals surface area contributed by atoms with Gasteiger partial charge in [0.25, 0.3) is 5.91 Å². The first-order valence-electron chi connectivity index (χ1n) is 13.4. The number of rotatable bonds is 5. The van der Waals surface area contributed by atoms with Gasteiger partial charge in [-0.15, -0.1) is 0 Å². The van der Waals surface area contributed by atoms with Gasteiger partial charge < -0.3 is 15.1 Å². The summed E-state index contributed by atoms with van der Waals surface area (Å²) in [7, 11) is 1.96. The maximum absolute atomic E-state index is 15.7. The predicted molar refractivity (Wildman–Crippen MR) is 155 cm³/mol. The molecule has 0 spiro atoms. The predicted octanol–water partition coefficient (Wildman–Crippen LogP) is 6.10. The molecule has 1 atom stereocenters. The number of benzene rings is 2. The highest BCUT2D eigenvalue weighted by atomic mass is 19.4. The quantitative estimate of drug-likeness (QED) is 0.359. The summed E-state index contributed by atoms with van der Waals surface area (Å²) in [6, 6.07) is 4.52. The number of aliphatic imine (C=N–C) groups is 1. The average Bonchev–Trinajstić information content (AvgIpc) is 3.19.